The van der Waals surface area contributed by atoms with Gasteiger partial charge in [-0.3, -0.25) is 0 Å². The van der Waals surface area contributed by atoms with Gasteiger partial charge in [0.25, 0.3) is 0 Å². The van der Waals surface area contributed by atoms with Crippen LogP contribution in [0.1, 0.15) is 6.92 Å². The molecule has 3 aromatic rings. The van der Waals surface area contributed by atoms with Crippen LogP contribution in [-0.4, -0.2) is 11.2 Å². The van der Waals surface area contributed by atoms with Crippen molar-refractivity contribution in [2.24, 2.45) is 0 Å². The van der Waals surface area contributed by atoms with Crippen LogP contribution in [-0.2, 0) is 4.57 Å². The lowest BCUT2D eigenvalue weighted by molar-refractivity contribution is 0.590. The summed E-state index contributed by atoms with van der Waals surface area (Å²) >= 11 is 1.75. The third-order valence-electron chi connectivity index (χ3n) is 3.81. The summed E-state index contributed by atoms with van der Waals surface area (Å²) in [5, 5.41) is 4.19. The van der Waals surface area contributed by atoms with Gasteiger partial charge in [0.05, 0.1) is 5.49 Å². The fourth-order valence-electron chi connectivity index (χ4n) is 2.70. The smallest absolute Gasteiger partial charge is 0.153 e. The molecule has 1 unspecified atom stereocenters. The minimum atomic E-state index is -2.62. The molecule has 0 spiro atoms. The van der Waals surface area contributed by atoms with Gasteiger partial charge in [0, 0.05) is 10.6 Å². The molecule has 0 bridgehead atoms. The van der Waals surface area contributed by atoms with Crippen molar-refractivity contribution in [3.05, 3.63) is 72.8 Å². The second-order valence-electron chi connectivity index (χ2n) is 5.20. The highest BCUT2D eigenvalue weighted by molar-refractivity contribution is 8.07. The van der Waals surface area contributed by atoms with E-state index in [1.807, 2.05) is 54.6 Å². The molecule has 0 heterocycles. The highest BCUT2D eigenvalue weighted by Gasteiger charge is 2.28. The van der Waals surface area contributed by atoms with Gasteiger partial charge in [-0.25, -0.2) is 0 Å². The van der Waals surface area contributed by atoms with Crippen LogP contribution in [0.15, 0.2) is 72.8 Å². The first kappa shape index (κ1) is 15.4. The Balaban J connectivity index is 2.23. The zero-order valence-electron chi connectivity index (χ0n) is 12.6. The highest BCUT2D eigenvalue weighted by atomic mass is 32.2. The summed E-state index contributed by atoms with van der Waals surface area (Å²) in [6.45, 7) is 2.11. The number of benzene rings is 3. The standard InChI is InChI=1S/C19H19OPS/c1-2-22-15-21(20,17-11-4-3-5-12-17)19-14-8-10-16-9-6-7-13-18(16)19/h3-14H,2,15H2,1H3. The fraction of sp³-hybridized carbons (Fsp3) is 0.158. The molecule has 3 aromatic carbocycles. The zero-order chi connectivity index (χ0) is 15.4. The average Bonchev–Trinajstić information content (AvgIpc) is 2.60. The molecule has 3 rings (SSSR count). The summed E-state index contributed by atoms with van der Waals surface area (Å²) in [5.41, 5.74) is 0.654. The van der Waals surface area contributed by atoms with E-state index in [9.17, 15) is 4.57 Å². The third-order valence-corrected chi connectivity index (χ3v) is 8.70. The van der Waals surface area contributed by atoms with Crippen molar-refractivity contribution in [2.75, 3.05) is 11.2 Å². The van der Waals surface area contributed by atoms with E-state index in [1.165, 1.54) is 0 Å². The number of hydrogen-bond donors (Lipinski definition) is 0. The van der Waals surface area contributed by atoms with E-state index in [1.54, 1.807) is 11.8 Å². The largest absolute Gasteiger partial charge is 0.313 e. The molecule has 0 N–H and O–H groups in total. The minimum Gasteiger partial charge on any atom is -0.313 e. The molecule has 0 aliphatic rings. The van der Waals surface area contributed by atoms with E-state index < -0.39 is 7.14 Å². The summed E-state index contributed by atoms with van der Waals surface area (Å²) in [5.74, 6) is 0.974. The molecule has 1 atom stereocenters. The van der Waals surface area contributed by atoms with Crippen molar-refractivity contribution < 1.29 is 4.57 Å². The highest BCUT2D eigenvalue weighted by Crippen LogP contribution is 2.47. The maximum atomic E-state index is 14.0. The lowest BCUT2D eigenvalue weighted by Gasteiger charge is -2.20. The predicted octanol–water partition coefficient (Wildman–Crippen LogP) is 4.86. The molecular weight excluding hydrogens is 307 g/mol. The van der Waals surface area contributed by atoms with E-state index in [0.717, 1.165) is 27.1 Å². The molecule has 112 valence electrons. The molecule has 0 saturated carbocycles. The molecule has 0 amide bonds. The maximum Gasteiger partial charge on any atom is 0.153 e. The third kappa shape index (κ3) is 2.86. The Labute approximate surface area is 136 Å². The SMILES string of the molecule is CCSCP(=O)(c1ccccc1)c1cccc2ccccc12. The number of rotatable bonds is 5. The Morgan fingerprint density at radius 1 is 0.864 bits per heavy atom. The predicted molar refractivity (Wildman–Crippen MR) is 100 cm³/mol. The minimum absolute atomic E-state index is 0.654. The molecule has 0 radical (unpaired) electrons. The lowest BCUT2D eigenvalue weighted by atomic mass is 10.1. The molecule has 0 aliphatic heterocycles. The monoisotopic (exact) mass is 326 g/mol. The van der Waals surface area contributed by atoms with Gasteiger partial charge in [0.1, 0.15) is 0 Å². The van der Waals surface area contributed by atoms with E-state index in [2.05, 4.69) is 25.1 Å². The Morgan fingerprint density at radius 2 is 1.55 bits per heavy atom. The van der Waals surface area contributed by atoms with Gasteiger partial charge in [-0.15, -0.1) is 0 Å². The number of thioether (sulfide) groups is 1. The van der Waals surface area contributed by atoms with Crippen LogP contribution < -0.4 is 10.6 Å². The van der Waals surface area contributed by atoms with E-state index in [-0.39, 0.29) is 0 Å². The molecule has 22 heavy (non-hydrogen) atoms. The molecule has 1 nitrogen and oxygen atoms in total. The van der Waals surface area contributed by atoms with Crippen molar-refractivity contribution in [3.63, 3.8) is 0 Å². The van der Waals surface area contributed by atoms with Crippen molar-refractivity contribution in [2.45, 2.75) is 6.92 Å². The summed E-state index contributed by atoms with van der Waals surface area (Å²) in [6.07, 6.45) is 0. The van der Waals surface area contributed by atoms with Crippen molar-refractivity contribution >= 4 is 40.3 Å². The Kier molecular flexibility index (Phi) is 4.71. The Morgan fingerprint density at radius 3 is 2.32 bits per heavy atom. The summed E-state index contributed by atoms with van der Waals surface area (Å²) in [6, 6.07) is 24.3. The van der Waals surface area contributed by atoms with Crippen LogP contribution >= 0.6 is 18.9 Å². The molecule has 0 aromatic heterocycles. The van der Waals surface area contributed by atoms with Crippen molar-refractivity contribution in [1.29, 1.82) is 0 Å². The van der Waals surface area contributed by atoms with Gasteiger partial charge in [0.2, 0.25) is 0 Å². The Hall–Kier alpha value is -1.50. The second kappa shape index (κ2) is 6.73. The van der Waals surface area contributed by atoms with Crippen LogP contribution in [0, 0.1) is 0 Å². The van der Waals surface area contributed by atoms with Crippen molar-refractivity contribution in [1.82, 2.24) is 0 Å². The fourth-order valence-corrected chi connectivity index (χ4v) is 7.46. The molecule has 3 heteroatoms. The van der Waals surface area contributed by atoms with Gasteiger partial charge in [0.15, 0.2) is 7.14 Å². The van der Waals surface area contributed by atoms with Crippen LogP contribution in [0.25, 0.3) is 10.8 Å². The van der Waals surface area contributed by atoms with Crippen LogP contribution in [0.4, 0.5) is 0 Å². The molecule has 0 fully saturated rings. The van der Waals surface area contributed by atoms with Crippen LogP contribution in [0.5, 0.6) is 0 Å². The summed E-state index contributed by atoms with van der Waals surface area (Å²) < 4.78 is 14.0. The summed E-state index contributed by atoms with van der Waals surface area (Å²) in [4.78, 5) is 0. The molecular formula is C19H19OPS. The molecule has 0 saturated heterocycles. The average molecular weight is 326 g/mol. The van der Waals surface area contributed by atoms with Crippen LogP contribution in [0.2, 0.25) is 0 Å². The van der Waals surface area contributed by atoms with Crippen molar-refractivity contribution in [3.8, 4) is 0 Å². The zero-order valence-corrected chi connectivity index (χ0v) is 14.3. The van der Waals surface area contributed by atoms with Gasteiger partial charge >= 0.3 is 0 Å². The second-order valence-corrected chi connectivity index (χ2v) is 9.69. The van der Waals surface area contributed by atoms with E-state index in [4.69, 9.17) is 0 Å². The first-order chi connectivity index (χ1) is 10.8. The van der Waals surface area contributed by atoms with Gasteiger partial charge in [-0.2, -0.15) is 11.8 Å². The normalized spacial score (nSPS) is 13.9. The maximum absolute atomic E-state index is 14.0. The van der Waals surface area contributed by atoms with E-state index >= 15 is 0 Å². The van der Waals surface area contributed by atoms with E-state index in [0.29, 0.717) is 5.49 Å². The quantitative estimate of drug-likeness (QED) is 0.623. The number of fused-ring (bicyclic) bond motifs is 1. The first-order valence-corrected chi connectivity index (χ1v) is 10.5. The van der Waals surface area contributed by atoms with Gasteiger partial charge < -0.3 is 4.57 Å². The lowest BCUT2D eigenvalue weighted by Crippen LogP contribution is -2.18. The Bertz CT molecular complexity index is 809. The summed E-state index contributed by atoms with van der Waals surface area (Å²) in [7, 11) is -2.62. The van der Waals surface area contributed by atoms with Gasteiger partial charge in [-0.05, 0) is 16.5 Å². The topological polar surface area (TPSA) is 17.1 Å². The van der Waals surface area contributed by atoms with Gasteiger partial charge in [-0.1, -0.05) is 79.7 Å². The molecule has 0 aliphatic carbocycles. The first-order valence-electron chi connectivity index (χ1n) is 7.46. The van der Waals surface area contributed by atoms with Crippen LogP contribution in [0.3, 0.4) is 0 Å². The number of hydrogen-bond acceptors (Lipinski definition) is 2.